The Labute approximate surface area is 110 Å². The van der Waals surface area contributed by atoms with Crippen molar-refractivity contribution in [1.29, 1.82) is 0 Å². The van der Waals surface area contributed by atoms with Crippen molar-refractivity contribution in [3.05, 3.63) is 0 Å². The normalized spacial score (nSPS) is 30.2. The Morgan fingerprint density at radius 3 is 2.50 bits per heavy atom. The molecule has 0 aromatic heterocycles. The molecule has 0 amide bonds. The number of aliphatic hydroxyl groups excluding tert-OH is 2. The van der Waals surface area contributed by atoms with Gasteiger partial charge in [0.15, 0.2) is 0 Å². The SMILES string of the molecule is OCCN(CC1(CO)CCOC1)C1CCCCC1. The molecule has 0 spiro atoms. The largest absolute Gasteiger partial charge is 0.396 e. The van der Waals surface area contributed by atoms with E-state index in [1.54, 1.807) is 0 Å². The molecule has 1 saturated heterocycles. The van der Waals surface area contributed by atoms with Gasteiger partial charge in [-0.2, -0.15) is 0 Å². The van der Waals surface area contributed by atoms with Crippen LogP contribution in [0.15, 0.2) is 0 Å². The van der Waals surface area contributed by atoms with Crippen LogP contribution < -0.4 is 0 Å². The maximum absolute atomic E-state index is 9.66. The summed E-state index contributed by atoms with van der Waals surface area (Å²) in [4.78, 5) is 2.39. The Hall–Kier alpha value is -0.160. The van der Waals surface area contributed by atoms with E-state index in [4.69, 9.17) is 4.74 Å². The number of ether oxygens (including phenoxy) is 1. The third-order valence-electron chi connectivity index (χ3n) is 4.54. The molecule has 0 radical (unpaired) electrons. The molecular weight excluding hydrogens is 230 g/mol. The molecule has 2 rings (SSSR count). The fourth-order valence-corrected chi connectivity index (χ4v) is 3.35. The Morgan fingerprint density at radius 1 is 1.17 bits per heavy atom. The summed E-state index contributed by atoms with van der Waals surface area (Å²) < 4.78 is 5.47. The van der Waals surface area contributed by atoms with E-state index < -0.39 is 0 Å². The first-order chi connectivity index (χ1) is 8.79. The van der Waals surface area contributed by atoms with Crippen LogP contribution in [0.2, 0.25) is 0 Å². The highest BCUT2D eigenvalue weighted by atomic mass is 16.5. The second-order valence-electron chi connectivity index (χ2n) is 5.95. The first kappa shape index (κ1) is 14.3. The van der Waals surface area contributed by atoms with E-state index in [1.807, 2.05) is 0 Å². The van der Waals surface area contributed by atoms with Gasteiger partial charge in [0.25, 0.3) is 0 Å². The summed E-state index contributed by atoms with van der Waals surface area (Å²) in [5, 5.41) is 18.9. The molecule has 1 atom stereocenters. The number of hydrogen-bond acceptors (Lipinski definition) is 4. The molecule has 0 aromatic rings. The van der Waals surface area contributed by atoms with Crippen molar-refractivity contribution in [2.45, 2.75) is 44.6 Å². The lowest BCUT2D eigenvalue weighted by Crippen LogP contribution is -2.47. The summed E-state index contributed by atoms with van der Waals surface area (Å²) in [6, 6.07) is 0.593. The van der Waals surface area contributed by atoms with Crippen LogP contribution in [-0.4, -0.2) is 60.7 Å². The van der Waals surface area contributed by atoms with Gasteiger partial charge >= 0.3 is 0 Å². The minimum atomic E-state index is -0.0907. The minimum Gasteiger partial charge on any atom is -0.396 e. The molecule has 18 heavy (non-hydrogen) atoms. The fourth-order valence-electron chi connectivity index (χ4n) is 3.35. The van der Waals surface area contributed by atoms with Gasteiger partial charge in [-0.25, -0.2) is 0 Å². The topological polar surface area (TPSA) is 52.9 Å². The zero-order chi connectivity index (χ0) is 12.8. The zero-order valence-electron chi connectivity index (χ0n) is 11.3. The van der Waals surface area contributed by atoms with Gasteiger partial charge in [0.2, 0.25) is 0 Å². The van der Waals surface area contributed by atoms with Crippen molar-refractivity contribution >= 4 is 0 Å². The number of hydrogen-bond donors (Lipinski definition) is 2. The van der Waals surface area contributed by atoms with E-state index in [0.717, 1.165) is 26.1 Å². The standard InChI is InChI=1S/C14H27NO3/c16-8-7-15(13-4-2-1-3-5-13)10-14(11-17)6-9-18-12-14/h13,16-17H,1-12H2. The average molecular weight is 257 g/mol. The Balaban J connectivity index is 1.95. The Bertz CT molecular complexity index is 235. The lowest BCUT2D eigenvalue weighted by Gasteiger charge is -2.39. The summed E-state index contributed by atoms with van der Waals surface area (Å²) in [5.41, 5.74) is -0.0907. The molecule has 0 aromatic carbocycles. The van der Waals surface area contributed by atoms with Gasteiger partial charge in [-0.1, -0.05) is 19.3 Å². The Morgan fingerprint density at radius 2 is 1.94 bits per heavy atom. The summed E-state index contributed by atoms with van der Waals surface area (Å²) >= 11 is 0. The molecule has 1 saturated carbocycles. The van der Waals surface area contributed by atoms with Crippen LogP contribution in [0.5, 0.6) is 0 Å². The molecule has 0 bridgehead atoms. The zero-order valence-corrected chi connectivity index (χ0v) is 11.3. The van der Waals surface area contributed by atoms with E-state index in [-0.39, 0.29) is 18.6 Å². The third-order valence-corrected chi connectivity index (χ3v) is 4.54. The van der Waals surface area contributed by atoms with Gasteiger partial charge in [-0.3, -0.25) is 4.90 Å². The molecule has 106 valence electrons. The van der Waals surface area contributed by atoms with Gasteiger partial charge in [0, 0.05) is 31.2 Å². The van der Waals surface area contributed by atoms with Crippen molar-refractivity contribution in [1.82, 2.24) is 4.90 Å². The summed E-state index contributed by atoms with van der Waals surface area (Å²) in [7, 11) is 0. The van der Waals surface area contributed by atoms with Crippen molar-refractivity contribution in [3.63, 3.8) is 0 Å². The minimum absolute atomic E-state index is 0.0907. The molecule has 4 heteroatoms. The maximum Gasteiger partial charge on any atom is 0.0558 e. The predicted octanol–water partition coefficient (Wildman–Crippen LogP) is 1.01. The van der Waals surface area contributed by atoms with Gasteiger partial charge in [0.05, 0.1) is 19.8 Å². The molecule has 2 N–H and O–H groups in total. The van der Waals surface area contributed by atoms with Crippen LogP contribution in [0.3, 0.4) is 0 Å². The molecular formula is C14H27NO3. The van der Waals surface area contributed by atoms with Gasteiger partial charge in [0.1, 0.15) is 0 Å². The summed E-state index contributed by atoms with van der Waals surface area (Å²) in [5.74, 6) is 0. The first-order valence-electron chi connectivity index (χ1n) is 7.33. The van der Waals surface area contributed by atoms with Crippen molar-refractivity contribution in [3.8, 4) is 0 Å². The quantitative estimate of drug-likeness (QED) is 0.746. The van der Waals surface area contributed by atoms with Gasteiger partial charge in [-0.15, -0.1) is 0 Å². The Kier molecular flexibility index (Phi) is 5.42. The van der Waals surface area contributed by atoms with Crippen molar-refractivity contribution in [2.24, 2.45) is 5.41 Å². The van der Waals surface area contributed by atoms with Crippen LogP contribution in [0, 0.1) is 5.41 Å². The third kappa shape index (κ3) is 3.44. The highest BCUT2D eigenvalue weighted by molar-refractivity contribution is 4.88. The summed E-state index contributed by atoms with van der Waals surface area (Å²) in [6.45, 7) is 3.43. The lowest BCUT2D eigenvalue weighted by molar-refractivity contribution is 0.0260. The van der Waals surface area contributed by atoms with E-state index in [0.29, 0.717) is 12.6 Å². The molecule has 1 aliphatic heterocycles. The molecule has 1 heterocycles. The second-order valence-corrected chi connectivity index (χ2v) is 5.95. The van der Waals surface area contributed by atoms with E-state index in [9.17, 15) is 10.2 Å². The van der Waals surface area contributed by atoms with Gasteiger partial charge in [-0.05, 0) is 19.3 Å². The monoisotopic (exact) mass is 257 g/mol. The van der Waals surface area contributed by atoms with Crippen LogP contribution in [-0.2, 0) is 4.74 Å². The van der Waals surface area contributed by atoms with Crippen molar-refractivity contribution in [2.75, 3.05) is 39.5 Å². The number of rotatable bonds is 6. The number of nitrogens with zero attached hydrogens (tertiary/aromatic N) is 1. The van der Waals surface area contributed by atoms with E-state index in [1.165, 1.54) is 32.1 Å². The first-order valence-corrected chi connectivity index (χ1v) is 7.33. The predicted molar refractivity (Wildman–Crippen MR) is 70.5 cm³/mol. The molecule has 2 aliphatic rings. The van der Waals surface area contributed by atoms with Crippen LogP contribution in [0.25, 0.3) is 0 Å². The fraction of sp³-hybridized carbons (Fsp3) is 1.00. The van der Waals surface area contributed by atoms with Crippen LogP contribution >= 0.6 is 0 Å². The molecule has 1 unspecified atom stereocenters. The van der Waals surface area contributed by atoms with Crippen molar-refractivity contribution < 1.29 is 14.9 Å². The van der Waals surface area contributed by atoms with E-state index >= 15 is 0 Å². The second kappa shape index (κ2) is 6.85. The lowest BCUT2D eigenvalue weighted by atomic mass is 9.85. The summed E-state index contributed by atoms with van der Waals surface area (Å²) in [6.07, 6.45) is 7.37. The van der Waals surface area contributed by atoms with Crippen LogP contribution in [0.1, 0.15) is 38.5 Å². The van der Waals surface area contributed by atoms with Crippen LogP contribution in [0.4, 0.5) is 0 Å². The van der Waals surface area contributed by atoms with Gasteiger partial charge < -0.3 is 14.9 Å². The van der Waals surface area contributed by atoms with E-state index in [2.05, 4.69) is 4.90 Å². The molecule has 1 aliphatic carbocycles. The number of aliphatic hydroxyl groups is 2. The highest BCUT2D eigenvalue weighted by Crippen LogP contribution is 2.32. The average Bonchev–Trinajstić information content (AvgIpc) is 2.89. The molecule has 4 nitrogen and oxygen atoms in total. The maximum atomic E-state index is 9.66. The smallest absolute Gasteiger partial charge is 0.0558 e. The molecule has 2 fully saturated rings. The highest BCUT2D eigenvalue weighted by Gasteiger charge is 2.37.